The van der Waals surface area contributed by atoms with Crippen LogP contribution in [0.4, 0.5) is 0 Å². The van der Waals surface area contributed by atoms with Gasteiger partial charge in [-0.05, 0) is 12.1 Å². The number of rotatable bonds is 5. The second-order valence-corrected chi connectivity index (χ2v) is 4.11. The first kappa shape index (κ1) is 10.8. The molecule has 0 N–H and O–H groups in total. The summed E-state index contributed by atoms with van der Waals surface area (Å²) in [5.74, 6) is 0.849. The SMILES string of the molecule is c1ccc(OCCOP2OCCO2)cc1. The molecule has 1 heterocycles. The smallest absolute Gasteiger partial charge is 0.332 e. The molecule has 2 rings (SSSR count). The Morgan fingerprint density at radius 3 is 2.53 bits per heavy atom. The van der Waals surface area contributed by atoms with Crippen LogP contribution in [0.1, 0.15) is 0 Å². The largest absolute Gasteiger partial charge is 0.491 e. The van der Waals surface area contributed by atoms with Crippen LogP contribution >= 0.6 is 8.60 Å². The summed E-state index contributed by atoms with van der Waals surface area (Å²) >= 11 is 0. The van der Waals surface area contributed by atoms with E-state index in [2.05, 4.69) is 0 Å². The molecule has 0 amide bonds. The summed E-state index contributed by atoms with van der Waals surface area (Å²) in [6.45, 7) is 2.26. The third-order valence-corrected chi connectivity index (χ3v) is 2.95. The summed E-state index contributed by atoms with van der Waals surface area (Å²) in [7, 11) is -1.11. The Hall–Kier alpha value is -0.670. The van der Waals surface area contributed by atoms with Gasteiger partial charge in [-0.2, -0.15) is 0 Å². The second kappa shape index (κ2) is 6.03. The van der Waals surface area contributed by atoms with E-state index < -0.39 is 8.60 Å². The average molecular weight is 228 g/mol. The highest BCUT2D eigenvalue weighted by molar-refractivity contribution is 7.41. The fourth-order valence-electron chi connectivity index (χ4n) is 1.12. The Bertz CT molecular complexity index is 274. The van der Waals surface area contributed by atoms with Gasteiger partial charge in [0.25, 0.3) is 0 Å². The highest BCUT2D eigenvalue weighted by Crippen LogP contribution is 2.43. The van der Waals surface area contributed by atoms with Gasteiger partial charge in [0.1, 0.15) is 12.4 Å². The fraction of sp³-hybridized carbons (Fsp3) is 0.400. The molecule has 0 spiro atoms. The molecule has 0 saturated carbocycles. The lowest BCUT2D eigenvalue weighted by Crippen LogP contribution is -2.04. The van der Waals surface area contributed by atoms with Crippen LogP contribution in [-0.4, -0.2) is 26.4 Å². The molecule has 15 heavy (non-hydrogen) atoms. The third-order valence-electron chi connectivity index (χ3n) is 1.77. The second-order valence-electron chi connectivity index (χ2n) is 2.88. The van der Waals surface area contributed by atoms with Crippen LogP contribution in [0, 0.1) is 0 Å². The van der Waals surface area contributed by atoms with Crippen LogP contribution in [0.3, 0.4) is 0 Å². The van der Waals surface area contributed by atoms with Crippen molar-refractivity contribution in [1.29, 1.82) is 0 Å². The predicted molar refractivity (Wildman–Crippen MR) is 56.7 cm³/mol. The maximum absolute atomic E-state index is 5.44. The number of hydrogen-bond acceptors (Lipinski definition) is 4. The summed E-state index contributed by atoms with van der Waals surface area (Å²) < 4.78 is 21.1. The van der Waals surface area contributed by atoms with E-state index in [1.807, 2.05) is 30.3 Å². The van der Waals surface area contributed by atoms with Crippen LogP contribution in [0.2, 0.25) is 0 Å². The molecule has 4 nitrogen and oxygen atoms in total. The van der Waals surface area contributed by atoms with Crippen molar-refractivity contribution in [2.24, 2.45) is 0 Å². The van der Waals surface area contributed by atoms with E-state index >= 15 is 0 Å². The van der Waals surface area contributed by atoms with Crippen molar-refractivity contribution < 1.29 is 18.3 Å². The molecule has 0 aliphatic carbocycles. The molecular formula is C10H13O4P. The van der Waals surface area contributed by atoms with Crippen molar-refractivity contribution in [2.75, 3.05) is 26.4 Å². The summed E-state index contributed by atoms with van der Waals surface area (Å²) in [5.41, 5.74) is 0. The Morgan fingerprint density at radius 2 is 1.80 bits per heavy atom. The molecule has 0 radical (unpaired) electrons. The zero-order chi connectivity index (χ0) is 10.3. The van der Waals surface area contributed by atoms with Crippen molar-refractivity contribution in [2.45, 2.75) is 0 Å². The molecule has 1 saturated heterocycles. The molecular weight excluding hydrogens is 215 g/mol. The molecule has 1 aromatic carbocycles. The van der Waals surface area contributed by atoms with E-state index in [9.17, 15) is 0 Å². The van der Waals surface area contributed by atoms with Crippen molar-refractivity contribution in [3.05, 3.63) is 30.3 Å². The summed E-state index contributed by atoms with van der Waals surface area (Å²) in [4.78, 5) is 0. The molecule has 0 bridgehead atoms. The minimum Gasteiger partial charge on any atom is -0.491 e. The molecule has 0 atom stereocenters. The van der Waals surface area contributed by atoms with Crippen LogP contribution < -0.4 is 4.74 Å². The lowest BCUT2D eigenvalue weighted by molar-refractivity contribution is 0.191. The summed E-state index contributed by atoms with van der Waals surface area (Å²) in [5, 5.41) is 0. The van der Waals surface area contributed by atoms with Gasteiger partial charge in [-0.3, -0.25) is 0 Å². The summed E-state index contributed by atoms with van der Waals surface area (Å²) in [6.07, 6.45) is 0. The van der Waals surface area contributed by atoms with Crippen molar-refractivity contribution in [3.8, 4) is 5.75 Å². The first-order valence-electron chi connectivity index (χ1n) is 4.82. The first-order chi connectivity index (χ1) is 7.45. The number of benzene rings is 1. The minimum absolute atomic E-state index is 0.487. The zero-order valence-electron chi connectivity index (χ0n) is 8.30. The van der Waals surface area contributed by atoms with Gasteiger partial charge in [-0.1, -0.05) is 18.2 Å². The Balaban J connectivity index is 1.59. The van der Waals surface area contributed by atoms with E-state index in [0.29, 0.717) is 26.4 Å². The van der Waals surface area contributed by atoms with E-state index in [4.69, 9.17) is 18.3 Å². The van der Waals surface area contributed by atoms with Gasteiger partial charge in [0, 0.05) is 0 Å². The lowest BCUT2D eigenvalue weighted by atomic mass is 10.3. The third kappa shape index (κ3) is 3.76. The Labute approximate surface area is 90.1 Å². The van der Waals surface area contributed by atoms with E-state index in [1.165, 1.54) is 0 Å². The normalized spacial score (nSPS) is 16.8. The molecule has 0 aromatic heterocycles. The van der Waals surface area contributed by atoms with Gasteiger partial charge in [0.2, 0.25) is 0 Å². The quantitative estimate of drug-likeness (QED) is 0.572. The molecule has 0 unspecified atom stereocenters. The molecule has 1 aromatic rings. The van der Waals surface area contributed by atoms with Crippen LogP contribution in [0.25, 0.3) is 0 Å². The van der Waals surface area contributed by atoms with Gasteiger partial charge < -0.3 is 18.3 Å². The maximum Gasteiger partial charge on any atom is 0.332 e. The van der Waals surface area contributed by atoms with Gasteiger partial charge >= 0.3 is 8.60 Å². The molecule has 82 valence electrons. The molecule has 1 fully saturated rings. The first-order valence-corrected chi connectivity index (χ1v) is 5.91. The minimum atomic E-state index is -1.11. The fourth-order valence-corrected chi connectivity index (χ4v) is 2.02. The van der Waals surface area contributed by atoms with Crippen LogP contribution in [-0.2, 0) is 13.6 Å². The number of hydrogen-bond donors (Lipinski definition) is 0. The van der Waals surface area contributed by atoms with Gasteiger partial charge in [-0.25, -0.2) is 0 Å². The van der Waals surface area contributed by atoms with Crippen molar-refractivity contribution in [3.63, 3.8) is 0 Å². The van der Waals surface area contributed by atoms with Crippen molar-refractivity contribution >= 4 is 8.60 Å². The predicted octanol–water partition coefficient (Wildman–Crippen LogP) is 2.36. The average Bonchev–Trinajstić information content (AvgIpc) is 2.79. The monoisotopic (exact) mass is 228 g/mol. The Morgan fingerprint density at radius 1 is 1.07 bits per heavy atom. The molecule has 1 aliphatic heterocycles. The van der Waals surface area contributed by atoms with E-state index in [0.717, 1.165) is 5.75 Å². The lowest BCUT2D eigenvalue weighted by Gasteiger charge is -2.09. The number of para-hydroxylation sites is 1. The standard InChI is InChI=1S/C10H13O4P/c1-2-4-10(5-3-1)11-6-7-12-15-13-8-9-14-15/h1-5H,6-9H2. The van der Waals surface area contributed by atoms with Crippen LogP contribution in [0.15, 0.2) is 30.3 Å². The van der Waals surface area contributed by atoms with E-state index in [-0.39, 0.29) is 0 Å². The maximum atomic E-state index is 5.44. The van der Waals surface area contributed by atoms with Gasteiger partial charge in [-0.15, -0.1) is 0 Å². The topological polar surface area (TPSA) is 36.9 Å². The molecule has 5 heteroatoms. The van der Waals surface area contributed by atoms with E-state index in [1.54, 1.807) is 0 Å². The van der Waals surface area contributed by atoms with Gasteiger partial charge in [0.05, 0.1) is 19.8 Å². The van der Waals surface area contributed by atoms with Crippen molar-refractivity contribution in [1.82, 2.24) is 0 Å². The highest BCUT2D eigenvalue weighted by atomic mass is 31.2. The Kier molecular flexibility index (Phi) is 4.36. The van der Waals surface area contributed by atoms with Crippen LogP contribution in [0.5, 0.6) is 5.75 Å². The highest BCUT2D eigenvalue weighted by Gasteiger charge is 2.18. The molecule has 1 aliphatic rings. The van der Waals surface area contributed by atoms with Gasteiger partial charge in [0.15, 0.2) is 0 Å². The number of ether oxygens (including phenoxy) is 1. The summed E-state index contributed by atoms with van der Waals surface area (Å²) in [6, 6.07) is 9.64. The zero-order valence-corrected chi connectivity index (χ0v) is 9.19.